The van der Waals surface area contributed by atoms with E-state index in [1.807, 2.05) is 24.3 Å². The third-order valence-electron chi connectivity index (χ3n) is 6.45. The minimum absolute atomic E-state index is 0. The lowest BCUT2D eigenvalue weighted by Gasteiger charge is -2.35. The Morgan fingerprint density at radius 1 is 1.09 bits per heavy atom. The summed E-state index contributed by atoms with van der Waals surface area (Å²) in [5, 5.41) is 4.07. The van der Waals surface area contributed by atoms with E-state index in [1.165, 1.54) is 10.3 Å². The minimum atomic E-state index is 0. The van der Waals surface area contributed by atoms with Crippen LogP contribution < -0.4 is 19.7 Å². The lowest BCUT2D eigenvalue weighted by atomic mass is 10.0. The summed E-state index contributed by atoms with van der Waals surface area (Å²) in [6, 6.07) is 12.2. The maximum absolute atomic E-state index is 11.6. The number of aromatic nitrogens is 1. The van der Waals surface area contributed by atoms with Gasteiger partial charge in [-0.2, -0.15) is 4.37 Å². The highest BCUT2D eigenvalue weighted by molar-refractivity contribution is 7.13. The Hall–Kier alpha value is -2.55. The summed E-state index contributed by atoms with van der Waals surface area (Å²) in [5.74, 6) is 2.87. The number of ether oxygens (including phenoxy) is 2. The van der Waals surface area contributed by atoms with Gasteiger partial charge >= 0.3 is 0 Å². The molecule has 1 aromatic heterocycles. The smallest absolute Gasteiger partial charge is 0.224 e. The molecule has 3 aromatic rings. The van der Waals surface area contributed by atoms with Crippen molar-refractivity contribution in [3.8, 4) is 11.5 Å². The maximum atomic E-state index is 11.6. The van der Waals surface area contributed by atoms with Crippen molar-refractivity contribution in [2.75, 3.05) is 56.7 Å². The number of anilines is 2. The molecule has 7 nitrogen and oxygen atoms in total. The average molecular weight is 503 g/mol. The fourth-order valence-electron chi connectivity index (χ4n) is 4.58. The molecule has 182 valence electrons. The Morgan fingerprint density at radius 2 is 1.94 bits per heavy atom. The van der Waals surface area contributed by atoms with Crippen LogP contribution in [-0.4, -0.2) is 61.6 Å². The van der Waals surface area contributed by atoms with Crippen molar-refractivity contribution in [1.82, 2.24) is 9.27 Å². The molecule has 0 atom stereocenters. The van der Waals surface area contributed by atoms with Crippen LogP contribution in [0.25, 0.3) is 10.1 Å². The predicted octanol–water partition coefficient (Wildman–Crippen LogP) is 4.59. The van der Waals surface area contributed by atoms with E-state index < -0.39 is 0 Å². The first kappa shape index (κ1) is 24.6. The molecule has 0 radical (unpaired) electrons. The molecule has 0 saturated carbocycles. The number of methoxy groups -OCH3 is 1. The van der Waals surface area contributed by atoms with Gasteiger partial charge in [-0.05, 0) is 61.1 Å². The first-order valence-corrected chi connectivity index (χ1v) is 12.4. The van der Waals surface area contributed by atoms with Crippen LogP contribution in [0.5, 0.6) is 11.5 Å². The first-order chi connectivity index (χ1) is 16.2. The van der Waals surface area contributed by atoms with Crippen LogP contribution >= 0.6 is 23.9 Å². The summed E-state index contributed by atoms with van der Waals surface area (Å²) in [5.41, 5.74) is 2.08. The quantitative estimate of drug-likeness (QED) is 0.454. The van der Waals surface area contributed by atoms with E-state index in [1.54, 1.807) is 18.6 Å². The van der Waals surface area contributed by atoms with Gasteiger partial charge in [0.15, 0.2) is 5.82 Å². The monoisotopic (exact) mass is 502 g/mol. The van der Waals surface area contributed by atoms with E-state index in [0.717, 1.165) is 80.4 Å². The van der Waals surface area contributed by atoms with Crippen LogP contribution in [0.4, 0.5) is 11.5 Å². The molecule has 2 aliphatic rings. The molecule has 1 fully saturated rings. The second-order valence-electron chi connectivity index (χ2n) is 8.59. The van der Waals surface area contributed by atoms with Gasteiger partial charge in [0, 0.05) is 44.4 Å². The van der Waals surface area contributed by atoms with Crippen molar-refractivity contribution < 1.29 is 14.3 Å². The Balaban J connectivity index is 0.00000274. The van der Waals surface area contributed by atoms with Crippen LogP contribution in [0.3, 0.4) is 0 Å². The van der Waals surface area contributed by atoms with Crippen molar-refractivity contribution in [2.24, 2.45) is 0 Å². The number of carbonyl (C=O) groups is 1. The summed E-state index contributed by atoms with van der Waals surface area (Å²) >= 11 is 1.54. The summed E-state index contributed by atoms with van der Waals surface area (Å²) in [4.78, 5) is 16.5. The Bertz CT molecular complexity index is 1130. The minimum Gasteiger partial charge on any atom is -0.496 e. The zero-order chi connectivity index (χ0) is 22.6. The number of unbranched alkanes of at least 4 members (excludes halogenated alkanes) is 1. The van der Waals surface area contributed by atoms with Crippen LogP contribution in [-0.2, 0) is 11.2 Å². The number of rotatable bonds is 8. The van der Waals surface area contributed by atoms with Gasteiger partial charge in [0.05, 0.1) is 23.8 Å². The van der Waals surface area contributed by atoms with Gasteiger partial charge in [0.2, 0.25) is 5.91 Å². The van der Waals surface area contributed by atoms with Gasteiger partial charge in [0.1, 0.15) is 11.5 Å². The van der Waals surface area contributed by atoms with E-state index in [-0.39, 0.29) is 18.3 Å². The molecule has 1 amide bonds. The van der Waals surface area contributed by atoms with Crippen molar-refractivity contribution in [1.29, 1.82) is 0 Å². The highest BCUT2D eigenvalue weighted by Crippen LogP contribution is 2.37. The molecule has 1 N–H and O–H groups in total. The van der Waals surface area contributed by atoms with Crippen LogP contribution in [0.2, 0.25) is 0 Å². The molecule has 0 bridgehead atoms. The number of carbonyl (C=O) groups excluding carboxylic acids is 1. The largest absolute Gasteiger partial charge is 0.496 e. The predicted molar refractivity (Wildman–Crippen MR) is 140 cm³/mol. The molecule has 0 spiro atoms. The highest BCUT2D eigenvalue weighted by Gasteiger charge is 2.22. The molecule has 3 heterocycles. The zero-order valence-corrected chi connectivity index (χ0v) is 21.1. The Morgan fingerprint density at radius 3 is 2.76 bits per heavy atom. The number of hydrogen-bond donors (Lipinski definition) is 1. The average Bonchev–Trinajstić information content (AvgIpc) is 3.28. The molecule has 0 unspecified atom stereocenters. The molecule has 2 aliphatic heterocycles. The van der Waals surface area contributed by atoms with Crippen molar-refractivity contribution in [3.63, 3.8) is 0 Å². The van der Waals surface area contributed by atoms with Gasteiger partial charge in [0.25, 0.3) is 0 Å². The fraction of sp³-hybridized carbons (Fsp3) is 0.440. The number of benzene rings is 2. The summed E-state index contributed by atoms with van der Waals surface area (Å²) in [7, 11) is 1.72. The SMILES string of the molecule is COc1cccc2snc(N3CCN(CCCCOc4ccc5c(c4)NC(=O)CC5)CC3)c12.Cl. The standard InChI is InChI=1S/C25H30N4O3S.ClH/c1-31-21-5-4-6-22-24(21)25(27-33-22)29-14-12-28(13-15-29)11-2-3-16-32-19-9-7-18-8-10-23(30)26-20(18)17-19;/h4-7,9,17H,2-3,8,10-16H2,1H3,(H,26,30);1H. The van der Waals surface area contributed by atoms with Crippen molar-refractivity contribution in [2.45, 2.75) is 25.7 Å². The Kier molecular flexibility index (Phi) is 8.13. The van der Waals surface area contributed by atoms with Gasteiger partial charge in [-0.1, -0.05) is 12.1 Å². The Labute approximate surface area is 210 Å². The van der Waals surface area contributed by atoms with E-state index in [9.17, 15) is 4.79 Å². The number of fused-ring (bicyclic) bond motifs is 2. The van der Waals surface area contributed by atoms with E-state index >= 15 is 0 Å². The van der Waals surface area contributed by atoms with Gasteiger partial charge < -0.3 is 19.7 Å². The van der Waals surface area contributed by atoms with Crippen LogP contribution in [0.15, 0.2) is 36.4 Å². The molecule has 34 heavy (non-hydrogen) atoms. The maximum Gasteiger partial charge on any atom is 0.224 e. The number of nitrogens with one attached hydrogen (secondary N) is 1. The van der Waals surface area contributed by atoms with Gasteiger partial charge in [-0.3, -0.25) is 9.69 Å². The van der Waals surface area contributed by atoms with E-state index in [0.29, 0.717) is 13.0 Å². The van der Waals surface area contributed by atoms with Crippen molar-refractivity contribution in [3.05, 3.63) is 42.0 Å². The second-order valence-corrected chi connectivity index (χ2v) is 9.40. The van der Waals surface area contributed by atoms with E-state index in [2.05, 4.69) is 27.2 Å². The number of aryl methyl sites for hydroxylation is 1. The van der Waals surface area contributed by atoms with Crippen LogP contribution in [0.1, 0.15) is 24.8 Å². The number of nitrogens with zero attached hydrogens (tertiary/aromatic N) is 3. The molecule has 9 heteroatoms. The summed E-state index contributed by atoms with van der Waals surface area (Å²) in [6.45, 7) is 5.82. The van der Waals surface area contributed by atoms with E-state index in [4.69, 9.17) is 13.8 Å². The highest BCUT2D eigenvalue weighted by atomic mass is 35.5. The third kappa shape index (κ3) is 5.40. The summed E-state index contributed by atoms with van der Waals surface area (Å²) in [6.07, 6.45) is 3.49. The first-order valence-electron chi connectivity index (χ1n) is 11.7. The molecule has 1 saturated heterocycles. The fourth-order valence-corrected chi connectivity index (χ4v) is 5.40. The topological polar surface area (TPSA) is 66.9 Å². The number of piperazine rings is 1. The lowest BCUT2D eigenvalue weighted by Crippen LogP contribution is -2.46. The number of amides is 1. The molecular formula is C25H31ClN4O3S. The lowest BCUT2D eigenvalue weighted by molar-refractivity contribution is -0.116. The molecular weight excluding hydrogens is 472 g/mol. The molecule has 2 aromatic carbocycles. The second kappa shape index (κ2) is 11.3. The molecule has 5 rings (SSSR count). The van der Waals surface area contributed by atoms with Crippen LogP contribution in [0, 0.1) is 0 Å². The zero-order valence-electron chi connectivity index (χ0n) is 19.4. The van der Waals surface area contributed by atoms with Crippen molar-refractivity contribution >= 4 is 51.4 Å². The number of hydrogen-bond acceptors (Lipinski definition) is 7. The van der Waals surface area contributed by atoms with Gasteiger partial charge in [-0.25, -0.2) is 0 Å². The summed E-state index contributed by atoms with van der Waals surface area (Å²) < 4.78 is 17.4. The number of halogens is 1. The normalized spacial score (nSPS) is 16.0. The van der Waals surface area contributed by atoms with Gasteiger partial charge in [-0.15, -0.1) is 12.4 Å². The molecule has 0 aliphatic carbocycles. The third-order valence-corrected chi connectivity index (χ3v) is 7.25.